The Labute approximate surface area is 109 Å². The molecule has 1 fully saturated rings. The van der Waals surface area contributed by atoms with Crippen LogP contribution in [-0.4, -0.2) is 44.0 Å². The number of amides is 1. The van der Waals surface area contributed by atoms with Crippen LogP contribution in [0.5, 0.6) is 0 Å². The van der Waals surface area contributed by atoms with Gasteiger partial charge in [0.25, 0.3) is 5.91 Å². The lowest BCUT2D eigenvalue weighted by Gasteiger charge is -2.24. The number of pyridine rings is 1. The summed E-state index contributed by atoms with van der Waals surface area (Å²) in [6.07, 6.45) is 1.49. The van der Waals surface area contributed by atoms with E-state index in [1.807, 2.05) is 13.8 Å². The molecule has 0 aliphatic carbocycles. The smallest absolute Gasteiger partial charge is 0.327 e. The molecule has 0 saturated carbocycles. The highest BCUT2D eigenvalue weighted by molar-refractivity contribution is 8.00. The Morgan fingerprint density at radius 2 is 2.22 bits per heavy atom. The first-order chi connectivity index (χ1) is 8.50. The van der Waals surface area contributed by atoms with Gasteiger partial charge in [-0.05, 0) is 26.0 Å². The van der Waals surface area contributed by atoms with E-state index in [-0.39, 0.29) is 11.3 Å². The van der Waals surface area contributed by atoms with Gasteiger partial charge in [0, 0.05) is 17.6 Å². The van der Waals surface area contributed by atoms with Gasteiger partial charge >= 0.3 is 5.97 Å². The third kappa shape index (κ3) is 2.33. The second kappa shape index (κ2) is 4.97. The van der Waals surface area contributed by atoms with E-state index < -0.39 is 12.0 Å². The van der Waals surface area contributed by atoms with E-state index in [9.17, 15) is 9.59 Å². The number of hydrogen-bond donors (Lipinski definition) is 1. The van der Waals surface area contributed by atoms with Gasteiger partial charge in [-0.1, -0.05) is 0 Å². The van der Waals surface area contributed by atoms with Crippen molar-refractivity contribution >= 4 is 23.6 Å². The molecule has 1 aliphatic heterocycles. The van der Waals surface area contributed by atoms with E-state index in [1.165, 1.54) is 22.9 Å². The molecule has 0 aromatic carbocycles. The third-order valence-electron chi connectivity index (χ3n) is 2.90. The van der Waals surface area contributed by atoms with Crippen molar-refractivity contribution in [3.63, 3.8) is 0 Å². The Balaban J connectivity index is 2.26. The number of hydrogen-bond acceptors (Lipinski definition) is 4. The number of rotatable bonds is 2. The van der Waals surface area contributed by atoms with Gasteiger partial charge in [0.15, 0.2) is 0 Å². The number of carboxylic acids is 1. The minimum Gasteiger partial charge on any atom is -0.480 e. The van der Waals surface area contributed by atoms with Crippen LogP contribution < -0.4 is 0 Å². The third-order valence-corrected chi connectivity index (χ3v) is 4.12. The van der Waals surface area contributed by atoms with E-state index in [0.29, 0.717) is 11.3 Å². The first-order valence-electron chi connectivity index (χ1n) is 5.60. The average molecular weight is 266 g/mol. The number of carbonyl (C=O) groups is 2. The summed E-state index contributed by atoms with van der Waals surface area (Å²) >= 11 is 1.47. The molecule has 1 N–H and O–H groups in total. The zero-order valence-electron chi connectivity index (χ0n) is 10.2. The Morgan fingerprint density at radius 3 is 2.78 bits per heavy atom. The molecular formula is C12H14N2O3S. The Hall–Kier alpha value is -1.56. The van der Waals surface area contributed by atoms with Crippen molar-refractivity contribution in [3.05, 3.63) is 29.6 Å². The van der Waals surface area contributed by atoms with Crippen molar-refractivity contribution in [1.29, 1.82) is 0 Å². The Bertz CT molecular complexity index is 475. The number of aryl methyl sites for hydroxylation is 1. The van der Waals surface area contributed by atoms with Crippen LogP contribution in [0.3, 0.4) is 0 Å². The van der Waals surface area contributed by atoms with Crippen LogP contribution in [0, 0.1) is 6.92 Å². The normalized spacial score (nSPS) is 23.1. The molecule has 5 nitrogen and oxygen atoms in total. The van der Waals surface area contributed by atoms with Gasteiger partial charge in [-0.25, -0.2) is 4.79 Å². The van der Waals surface area contributed by atoms with Gasteiger partial charge in [-0.3, -0.25) is 9.78 Å². The van der Waals surface area contributed by atoms with E-state index in [4.69, 9.17) is 5.11 Å². The van der Waals surface area contributed by atoms with E-state index >= 15 is 0 Å². The highest BCUT2D eigenvalue weighted by Gasteiger charge is 2.39. The second-order valence-electron chi connectivity index (χ2n) is 4.19. The highest BCUT2D eigenvalue weighted by Crippen LogP contribution is 2.30. The van der Waals surface area contributed by atoms with Gasteiger partial charge in [0.1, 0.15) is 6.04 Å². The van der Waals surface area contributed by atoms with Crippen molar-refractivity contribution < 1.29 is 14.7 Å². The zero-order chi connectivity index (χ0) is 13.3. The monoisotopic (exact) mass is 266 g/mol. The van der Waals surface area contributed by atoms with Crippen LogP contribution in [0.2, 0.25) is 0 Å². The molecule has 2 heterocycles. The van der Waals surface area contributed by atoms with Gasteiger partial charge < -0.3 is 10.0 Å². The standard InChI is InChI=1S/C12H14N2O3S/c1-7-3-4-9(5-13-7)11(15)14-8(2)18-6-10(14)12(16)17/h3-5,8,10H,6H2,1-2H3,(H,16,17). The topological polar surface area (TPSA) is 70.5 Å². The van der Waals surface area contributed by atoms with E-state index in [2.05, 4.69) is 4.98 Å². The molecule has 1 aliphatic rings. The lowest BCUT2D eigenvalue weighted by molar-refractivity contribution is -0.141. The molecule has 6 heteroatoms. The molecule has 1 amide bonds. The van der Waals surface area contributed by atoms with Crippen LogP contribution in [0.1, 0.15) is 23.0 Å². The van der Waals surface area contributed by atoms with Crippen molar-refractivity contribution in [2.45, 2.75) is 25.3 Å². The molecule has 96 valence electrons. The number of thioether (sulfide) groups is 1. The first kappa shape index (κ1) is 12.9. The zero-order valence-corrected chi connectivity index (χ0v) is 11.0. The van der Waals surface area contributed by atoms with Crippen LogP contribution >= 0.6 is 11.8 Å². The van der Waals surface area contributed by atoms with Crippen molar-refractivity contribution in [2.75, 3.05) is 5.75 Å². The fourth-order valence-corrected chi connectivity index (χ4v) is 3.05. The Morgan fingerprint density at radius 1 is 1.50 bits per heavy atom. The maximum atomic E-state index is 12.3. The van der Waals surface area contributed by atoms with E-state index in [0.717, 1.165) is 5.69 Å². The van der Waals surface area contributed by atoms with Crippen LogP contribution in [0.15, 0.2) is 18.3 Å². The molecular weight excluding hydrogens is 252 g/mol. The predicted octanol–water partition coefficient (Wildman–Crippen LogP) is 1.38. The van der Waals surface area contributed by atoms with Crippen LogP contribution in [0.4, 0.5) is 0 Å². The quantitative estimate of drug-likeness (QED) is 0.875. The fourth-order valence-electron chi connectivity index (χ4n) is 1.88. The molecule has 2 rings (SSSR count). The van der Waals surface area contributed by atoms with Gasteiger partial charge in [0.2, 0.25) is 0 Å². The average Bonchev–Trinajstić information content (AvgIpc) is 2.71. The van der Waals surface area contributed by atoms with E-state index in [1.54, 1.807) is 12.1 Å². The summed E-state index contributed by atoms with van der Waals surface area (Å²) in [5.41, 5.74) is 1.26. The number of carbonyl (C=O) groups excluding carboxylic acids is 1. The number of nitrogens with zero attached hydrogens (tertiary/aromatic N) is 2. The van der Waals surface area contributed by atoms with Gasteiger partial charge in [-0.2, -0.15) is 0 Å². The van der Waals surface area contributed by atoms with Crippen LogP contribution in [0.25, 0.3) is 0 Å². The SMILES string of the molecule is Cc1ccc(C(=O)N2C(C)SCC2C(=O)O)cn1. The lowest BCUT2D eigenvalue weighted by atomic mass is 10.2. The summed E-state index contributed by atoms with van der Waals surface area (Å²) < 4.78 is 0. The minimum absolute atomic E-state index is 0.125. The largest absolute Gasteiger partial charge is 0.480 e. The lowest BCUT2D eigenvalue weighted by Crippen LogP contribution is -2.44. The van der Waals surface area contributed by atoms with Crippen LogP contribution in [-0.2, 0) is 4.79 Å². The summed E-state index contributed by atoms with van der Waals surface area (Å²) in [5, 5.41) is 8.99. The summed E-state index contributed by atoms with van der Waals surface area (Å²) in [6.45, 7) is 3.68. The number of aromatic nitrogens is 1. The van der Waals surface area contributed by atoms with Gasteiger partial charge in [0.05, 0.1) is 10.9 Å². The summed E-state index contributed by atoms with van der Waals surface area (Å²) in [4.78, 5) is 28.9. The molecule has 0 radical (unpaired) electrons. The molecule has 0 spiro atoms. The molecule has 2 atom stereocenters. The molecule has 2 unspecified atom stereocenters. The summed E-state index contributed by atoms with van der Waals surface area (Å²) in [7, 11) is 0. The maximum absolute atomic E-state index is 12.3. The Kier molecular flexibility index (Phi) is 3.56. The minimum atomic E-state index is -0.958. The number of aliphatic carboxylic acids is 1. The molecule has 1 saturated heterocycles. The first-order valence-corrected chi connectivity index (χ1v) is 6.65. The molecule has 0 bridgehead atoms. The van der Waals surface area contributed by atoms with Gasteiger partial charge in [-0.15, -0.1) is 11.8 Å². The predicted molar refractivity (Wildman–Crippen MR) is 68.5 cm³/mol. The maximum Gasteiger partial charge on any atom is 0.327 e. The van der Waals surface area contributed by atoms with Crippen molar-refractivity contribution in [3.8, 4) is 0 Å². The summed E-state index contributed by atoms with van der Waals surface area (Å²) in [5.74, 6) is -0.797. The highest BCUT2D eigenvalue weighted by atomic mass is 32.2. The molecule has 1 aromatic rings. The summed E-state index contributed by atoms with van der Waals surface area (Å²) in [6, 6.07) is 2.68. The second-order valence-corrected chi connectivity index (χ2v) is 5.54. The van der Waals surface area contributed by atoms with Crippen molar-refractivity contribution in [1.82, 2.24) is 9.88 Å². The molecule has 1 aromatic heterocycles. The molecule has 18 heavy (non-hydrogen) atoms. The van der Waals surface area contributed by atoms with Crippen molar-refractivity contribution in [2.24, 2.45) is 0 Å². The fraction of sp³-hybridized carbons (Fsp3) is 0.417. The number of carboxylic acid groups (broad SMARTS) is 1.